The Morgan fingerprint density at radius 3 is 2.38 bits per heavy atom. The van der Waals surface area contributed by atoms with Crippen LogP contribution in [0.25, 0.3) is 0 Å². The van der Waals surface area contributed by atoms with Gasteiger partial charge in [0.05, 0.1) is 22.4 Å². The molecule has 8 heteroatoms. The highest BCUT2D eigenvalue weighted by Crippen LogP contribution is 2.48. The third-order valence-corrected chi connectivity index (χ3v) is 8.23. The van der Waals surface area contributed by atoms with Crippen molar-refractivity contribution in [2.24, 2.45) is 11.8 Å². The molecule has 3 aliphatic carbocycles. The first-order valence-corrected chi connectivity index (χ1v) is 12.0. The van der Waals surface area contributed by atoms with Gasteiger partial charge in [0.2, 0.25) is 11.8 Å². The van der Waals surface area contributed by atoms with E-state index in [-0.39, 0.29) is 16.8 Å². The molecule has 3 N–H and O–H groups in total. The fourth-order valence-electron chi connectivity index (χ4n) is 5.13. The number of amides is 2. The first-order chi connectivity index (χ1) is 13.8. The third kappa shape index (κ3) is 4.05. The molecule has 0 spiro atoms. The monoisotopic (exact) mass is 419 g/mol. The van der Waals surface area contributed by atoms with Crippen LogP contribution in [-0.2, 0) is 19.6 Å². The van der Waals surface area contributed by atoms with Gasteiger partial charge in [-0.05, 0) is 76.5 Å². The number of hydrogen-bond donors (Lipinski definition) is 3. The molecule has 0 aromatic heterocycles. The Balaban J connectivity index is 1.52. The minimum absolute atomic E-state index is 0.0676. The number of aryl methyl sites for hydroxylation is 1. The van der Waals surface area contributed by atoms with E-state index < -0.39 is 27.4 Å². The van der Waals surface area contributed by atoms with Gasteiger partial charge in [0.25, 0.3) is 10.0 Å². The van der Waals surface area contributed by atoms with Gasteiger partial charge in [0.1, 0.15) is 0 Å². The van der Waals surface area contributed by atoms with Gasteiger partial charge in [-0.3, -0.25) is 9.59 Å². The Kier molecular flexibility index (Phi) is 5.42. The number of benzene rings is 1. The summed E-state index contributed by atoms with van der Waals surface area (Å²) in [7, 11) is -3.94. The van der Waals surface area contributed by atoms with Gasteiger partial charge in [0, 0.05) is 0 Å². The first-order valence-electron chi connectivity index (χ1n) is 10.5. The predicted octanol–water partition coefficient (Wildman–Crippen LogP) is 1.62. The molecule has 29 heavy (non-hydrogen) atoms. The Labute approximate surface area is 172 Å². The predicted molar refractivity (Wildman–Crippen MR) is 108 cm³/mol. The lowest BCUT2D eigenvalue weighted by Gasteiger charge is -2.51. The summed E-state index contributed by atoms with van der Waals surface area (Å²) < 4.78 is 27.7. The Bertz CT molecular complexity index is 883. The van der Waals surface area contributed by atoms with Gasteiger partial charge in [-0.25, -0.2) is 13.1 Å². The third-order valence-electron chi connectivity index (χ3n) is 6.87. The van der Waals surface area contributed by atoms with Crippen LogP contribution in [0.2, 0.25) is 0 Å². The average molecular weight is 420 g/mol. The minimum atomic E-state index is -3.94. The highest BCUT2D eigenvalue weighted by atomic mass is 32.2. The summed E-state index contributed by atoms with van der Waals surface area (Å²) in [6.07, 6.45) is 5.75. The maximum atomic E-state index is 13.1. The van der Waals surface area contributed by atoms with Crippen molar-refractivity contribution in [2.75, 3.05) is 6.54 Å². The molecule has 5 rings (SSSR count). The molecule has 0 unspecified atom stereocenters. The second-order valence-corrected chi connectivity index (χ2v) is 10.5. The highest BCUT2D eigenvalue weighted by Gasteiger charge is 2.52. The normalized spacial score (nSPS) is 31.4. The standard InChI is InChI=1S/C21H29N3O4S/c1-14-4-6-16(7-5-14)29(27,28)24-19(25)17-13-15-8-10-21(17,11-9-15)23-20(26)18-3-2-12-22-18/h4-7,15,17-18,22H,2-3,8-13H2,1H3,(H,23,26)(H,24,25)/t15?,17-,18-,21?/m0/s1. The van der Waals surface area contributed by atoms with E-state index in [1.165, 1.54) is 12.1 Å². The topological polar surface area (TPSA) is 104 Å². The zero-order chi connectivity index (χ0) is 20.6. The van der Waals surface area contributed by atoms with Crippen molar-refractivity contribution >= 4 is 21.8 Å². The summed E-state index contributed by atoms with van der Waals surface area (Å²) in [4.78, 5) is 25.9. The van der Waals surface area contributed by atoms with E-state index in [1.54, 1.807) is 12.1 Å². The fourth-order valence-corrected chi connectivity index (χ4v) is 6.15. The van der Waals surface area contributed by atoms with E-state index in [2.05, 4.69) is 15.4 Å². The molecule has 3 saturated carbocycles. The van der Waals surface area contributed by atoms with Crippen LogP contribution < -0.4 is 15.4 Å². The number of fused-ring (bicyclic) bond motifs is 3. The van der Waals surface area contributed by atoms with E-state index in [1.807, 2.05) is 6.92 Å². The molecule has 7 nitrogen and oxygen atoms in total. The second kappa shape index (κ2) is 7.72. The van der Waals surface area contributed by atoms with Crippen LogP contribution in [0.5, 0.6) is 0 Å². The fraction of sp³-hybridized carbons (Fsp3) is 0.619. The largest absolute Gasteiger partial charge is 0.349 e. The van der Waals surface area contributed by atoms with E-state index in [4.69, 9.17) is 0 Å². The van der Waals surface area contributed by atoms with Gasteiger partial charge in [-0.2, -0.15) is 0 Å². The number of carbonyl (C=O) groups is 2. The molecule has 2 amide bonds. The molecule has 4 aliphatic rings. The highest BCUT2D eigenvalue weighted by molar-refractivity contribution is 7.90. The molecule has 158 valence electrons. The second-order valence-electron chi connectivity index (χ2n) is 8.81. The molecular weight excluding hydrogens is 390 g/mol. The van der Waals surface area contributed by atoms with Crippen molar-refractivity contribution in [1.29, 1.82) is 0 Å². The minimum Gasteiger partial charge on any atom is -0.349 e. The number of rotatable bonds is 5. The summed E-state index contributed by atoms with van der Waals surface area (Å²) in [5, 5.41) is 6.37. The van der Waals surface area contributed by atoms with Gasteiger partial charge >= 0.3 is 0 Å². The number of sulfonamides is 1. The first kappa shape index (κ1) is 20.3. The SMILES string of the molecule is Cc1ccc(S(=O)(=O)NC(=O)[C@@H]2CC3CCC2(NC(=O)[C@@H]2CCCN2)CC3)cc1. The Hall–Kier alpha value is -1.93. The van der Waals surface area contributed by atoms with Crippen molar-refractivity contribution in [2.45, 2.75) is 68.3 Å². The Morgan fingerprint density at radius 1 is 1.07 bits per heavy atom. The number of nitrogens with one attached hydrogen (secondary N) is 3. The molecule has 1 saturated heterocycles. The maximum Gasteiger partial charge on any atom is 0.264 e. The van der Waals surface area contributed by atoms with E-state index in [9.17, 15) is 18.0 Å². The smallest absolute Gasteiger partial charge is 0.264 e. The van der Waals surface area contributed by atoms with Gasteiger partial charge < -0.3 is 10.6 Å². The van der Waals surface area contributed by atoms with E-state index in [0.717, 1.165) is 50.6 Å². The quantitative estimate of drug-likeness (QED) is 0.673. The maximum absolute atomic E-state index is 13.1. The van der Waals surface area contributed by atoms with Gasteiger partial charge in [-0.15, -0.1) is 0 Å². The molecule has 2 bridgehead atoms. The van der Waals surface area contributed by atoms with Crippen LogP contribution in [0.15, 0.2) is 29.2 Å². The van der Waals surface area contributed by atoms with Crippen LogP contribution in [0, 0.1) is 18.8 Å². The molecule has 1 aromatic rings. The molecule has 1 aromatic carbocycles. The summed E-state index contributed by atoms with van der Waals surface area (Å²) >= 11 is 0. The zero-order valence-corrected chi connectivity index (χ0v) is 17.6. The van der Waals surface area contributed by atoms with Crippen LogP contribution in [0.1, 0.15) is 50.5 Å². The molecule has 0 radical (unpaired) electrons. The number of hydrogen-bond acceptors (Lipinski definition) is 5. The Morgan fingerprint density at radius 2 is 1.76 bits per heavy atom. The summed E-state index contributed by atoms with van der Waals surface area (Å²) in [5.41, 5.74) is 0.297. The van der Waals surface area contributed by atoms with Gasteiger partial charge in [-0.1, -0.05) is 17.7 Å². The lowest BCUT2D eigenvalue weighted by atomic mass is 9.59. The lowest BCUT2D eigenvalue weighted by molar-refractivity contribution is -0.135. The summed E-state index contributed by atoms with van der Waals surface area (Å²) in [6.45, 7) is 2.70. The number of carbonyl (C=O) groups excluding carboxylic acids is 2. The molecule has 1 heterocycles. The molecule has 1 aliphatic heterocycles. The van der Waals surface area contributed by atoms with Crippen LogP contribution in [0.3, 0.4) is 0 Å². The molecule has 4 fully saturated rings. The molecular formula is C21H29N3O4S. The van der Waals surface area contributed by atoms with Crippen molar-refractivity contribution in [3.8, 4) is 0 Å². The van der Waals surface area contributed by atoms with Crippen molar-refractivity contribution < 1.29 is 18.0 Å². The average Bonchev–Trinajstić information content (AvgIpc) is 3.23. The van der Waals surface area contributed by atoms with Crippen LogP contribution >= 0.6 is 0 Å². The van der Waals surface area contributed by atoms with Gasteiger partial charge in [0.15, 0.2) is 0 Å². The van der Waals surface area contributed by atoms with Crippen LogP contribution in [-0.4, -0.2) is 38.4 Å². The zero-order valence-electron chi connectivity index (χ0n) is 16.7. The van der Waals surface area contributed by atoms with E-state index >= 15 is 0 Å². The van der Waals surface area contributed by atoms with Crippen molar-refractivity contribution in [3.63, 3.8) is 0 Å². The van der Waals surface area contributed by atoms with Crippen molar-refractivity contribution in [1.82, 2.24) is 15.4 Å². The van der Waals surface area contributed by atoms with Crippen LogP contribution in [0.4, 0.5) is 0 Å². The van der Waals surface area contributed by atoms with Crippen molar-refractivity contribution in [3.05, 3.63) is 29.8 Å². The lowest BCUT2D eigenvalue weighted by Crippen LogP contribution is -2.65. The molecule has 2 atom stereocenters. The van der Waals surface area contributed by atoms with E-state index in [0.29, 0.717) is 12.3 Å². The summed E-state index contributed by atoms with van der Waals surface area (Å²) in [6, 6.07) is 6.20. The summed E-state index contributed by atoms with van der Waals surface area (Å²) in [5.74, 6) is -0.687.